The molecular formula is C15H21N3O5. The molecule has 1 aliphatic heterocycles. The topological polar surface area (TPSA) is 116 Å². The normalized spacial score (nSPS) is 26.9. The zero-order chi connectivity index (χ0) is 17.2. The number of aromatic nitrogens is 2. The maximum atomic E-state index is 11.9. The molecule has 2 rings (SSSR count). The van der Waals surface area contributed by atoms with E-state index in [2.05, 4.69) is 11.6 Å². The Hall–Kier alpha value is -2.19. The fraction of sp³-hybridized carbons (Fsp3) is 0.533. The van der Waals surface area contributed by atoms with E-state index in [1.165, 1.54) is 23.8 Å². The van der Waals surface area contributed by atoms with E-state index >= 15 is 0 Å². The Balaban J connectivity index is 2.35. The third-order valence-corrected chi connectivity index (χ3v) is 4.19. The van der Waals surface area contributed by atoms with Crippen LogP contribution in [-0.2, 0) is 14.3 Å². The lowest BCUT2D eigenvalue weighted by Gasteiger charge is -2.34. The number of H-pyrrole nitrogens is 1. The van der Waals surface area contributed by atoms with Crippen molar-refractivity contribution in [2.24, 2.45) is 11.7 Å². The van der Waals surface area contributed by atoms with E-state index in [1.54, 1.807) is 0 Å². The summed E-state index contributed by atoms with van der Waals surface area (Å²) in [6.45, 7) is 7.31. The van der Waals surface area contributed by atoms with Gasteiger partial charge in [-0.25, -0.2) is 4.79 Å². The van der Waals surface area contributed by atoms with Crippen LogP contribution in [0, 0.1) is 5.92 Å². The first-order chi connectivity index (χ1) is 10.8. The molecule has 3 unspecified atom stereocenters. The summed E-state index contributed by atoms with van der Waals surface area (Å²) in [4.78, 5) is 36.5. The number of nitrogens with two attached hydrogens (primary N) is 1. The summed E-state index contributed by atoms with van der Waals surface area (Å²) in [6.07, 6.45) is 1.27. The first-order valence-electron chi connectivity index (χ1n) is 7.31. The number of hydrogen-bond acceptors (Lipinski definition) is 6. The second kappa shape index (κ2) is 6.51. The molecule has 8 heteroatoms. The van der Waals surface area contributed by atoms with E-state index in [9.17, 15) is 14.4 Å². The molecule has 0 aromatic carbocycles. The van der Waals surface area contributed by atoms with Crippen LogP contribution in [0.1, 0.15) is 26.5 Å². The lowest BCUT2D eigenvalue weighted by atomic mass is 9.83. The molecule has 1 aromatic heterocycles. The molecule has 0 amide bonds. The van der Waals surface area contributed by atoms with E-state index < -0.39 is 29.0 Å². The summed E-state index contributed by atoms with van der Waals surface area (Å²) < 4.78 is 12.5. The number of carbonyl (C=O) groups is 1. The lowest BCUT2D eigenvalue weighted by molar-refractivity contribution is -0.153. The fourth-order valence-corrected chi connectivity index (χ4v) is 2.82. The predicted molar refractivity (Wildman–Crippen MR) is 82.8 cm³/mol. The molecule has 1 fully saturated rings. The Kier molecular flexibility index (Phi) is 4.86. The van der Waals surface area contributed by atoms with Crippen molar-refractivity contribution in [3.05, 3.63) is 45.3 Å². The Morgan fingerprint density at radius 1 is 1.61 bits per heavy atom. The average molecular weight is 323 g/mol. The minimum absolute atomic E-state index is 0.0197. The van der Waals surface area contributed by atoms with Gasteiger partial charge in [0.15, 0.2) is 0 Å². The third-order valence-electron chi connectivity index (χ3n) is 4.19. The van der Waals surface area contributed by atoms with E-state index in [-0.39, 0.29) is 19.1 Å². The van der Waals surface area contributed by atoms with E-state index in [0.29, 0.717) is 12.0 Å². The van der Waals surface area contributed by atoms with Gasteiger partial charge >= 0.3 is 11.7 Å². The Morgan fingerprint density at radius 2 is 2.30 bits per heavy atom. The highest BCUT2D eigenvalue weighted by molar-refractivity contribution is 5.66. The van der Waals surface area contributed by atoms with Crippen LogP contribution in [0.4, 0.5) is 0 Å². The standard InChI is InChI=1S/C15H21N3O5/c1-9-6-13(18-5-4-12(20)17-14(18)21)23-15(9,10(2)7-16)8-22-11(3)19/h4-5,9,13H,2,6-8,16H2,1,3H3,(H,17,20,21). The van der Waals surface area contributed by atoms with E-state index in [1.807, 2.05) is 6.92 Å². The highest BCUT2D eigenvalue weighted by atomic mass is 16.6. The first kappa shape index (κ1) is 17.2. The maximum Gasteiger partial charge on any atom is 0.330 e. The minimum Gasteiger partial charge on any atom is -0.462 e. The SMILES string of the molecule is C=C(CN)C1(COC(C)=O)OC(n2ccc(=O)[nH]c2=O)CC1C. The van der Waals surface area contributed by atoms with Crippen molar-refractivity contribution < 1.29 is 14.3 Å². The number of aromatic amines is 1. The van der Waals surface area contributed by atoms with Gasteiger partial charge in [-0.15, -0.1) is 0 Å². The zero-order valence-corrected chi connectivity index (χ0v) is 13.2. The molecule has 3 atom stereocenters. The van der Waals surface area contributed by atoms with Crippen molar-refractivity contribution in [2.75, 3.05) is 13.2 Å². The highest BCUT2D eigenvalue weighted by Gasteiger charge is 2.49. The molecule has 3 N–H and O–H groups in total. The molecule has 8 nitrogen and oxygen atoms in total. The summed E-state index contributed by atoms with van der Waals surface area (Å²) in [5, 5.41) is 0. The third kappa shape index (κ3) is 3.27. The fourth-order valence-electron chi connectivity index (χ4n) is 2.82. The van der Waals surface area contributed by atoms with Gasteiger partial charge in [0.05, 0.1) is 0 Å². The smallest absolute Gasteiger partial charge is 0.330 e. The molecule has 0 aliphatic carbocycles. The van der Waals surface area contributed by atoms with Gasteiger partial charge in [-0.2, -0.15) is 0 Å². The van der Waals surface area contributed by atoms with Crippen LogP contribution in [0.3, 0.4) is 0 Å². The van der Waals surface area contributed by atoms with Crippen LogP contribution in [0.5, 0.6) is 0 Å². The summed E-state index contributed by atoms with van der Waals surface area (Å²) >= 11 is 0. The summed E-state index contributed by atoms with van der Waals surface area (Å²) in [6, 6.07) is 1.25. The van der Waals surface area contributed by atoms with Crippen LogP contribution in [0.25, 0.3) is 0 Å². The van der Waals surface area contributed by atoms with Crippen molar-refractivity contribution >= 4 is 5.97 Å². The van der Waals surface area contributed by atoms with Crippen molar-refractivity contribution in [3.63, 3.8) is 0 Å². The minimum atomic E-state index is -0.958. The molecule has 1 aliphatic rings. The second-order valence-electron chi connectivity index (χ2n) is 5.70. The molecule has 0 bridgehead atoms. The van der Waals surface area contributed by atoms with Gasteiger partial charge in [-0.05, 0) is 17.9 Å². The van der Waals surface area contributed by atoms with Gasteiger partial charge in [0.1, 0.15) is 18.4 Å². The van der Waals surface area contributed by atoms with Crippen LogP contribution < -0.4 is 17.0 Å². The largest absolute Gasteiger partial charge is 0.462 e. The summed E-state index contributed by atoms with van der Waals surface area (Å²) in [5.41, 5.74) is 4.30. The molecular weight excluding hydrogens is 302 g/mol. The number of hydrogen-bond donors (Lipinski definition) is 2. The van der Waals surface area contributed by atoms with Crippen LogP contribution >= 0.6 is 0 Å². The van der Waals surface area contributed by atoms with Gasteiger partial charge in [-0.3, -0.25) is 19.1 Å². The molecule has 1 saturated heterocycles. The highest BCUT2D eigenvalue weighted by Crippen LogP contribution is 2.44. The lowest BCUT2D eigenvalue weighted by Crippen LogP contribution is -2.44. The number of nitrogens with zero attached hydrogens (tertiary/aromatic N) is 1. The van der Waals surface area contributed by atoms with Gasteiger partial charge in [-0.1, -0.05) is 13.5 Å². The van der Waals surface area contributed by atoms with Gasteiger partial charge in [0.2, 0.25) is 0 Å². The monoisotopic (exact) mass is 323 g/mol. The Bertz CT molecular complexity index is 722. The van der Waals surface area contributed by atoms with Crippen LogP contribution in [0.2, 0.25) is 0 Å². The molecule has 0 radical (unpaired) electrons. The molecule has 126 valence electrons. The van der Waals surface area contributed by atoms with Gasteiger partial charge in [0.25, 0.3) is 5.56 Å². The predicted octanol–water partition coefficient (Wildman–Crippen LogP) is -0.0916. The Morgan fingerprint density at radius 3 is 2.87 bits per heavy atom. The second-order valence-corrected chi connectivity index (χ2v) is 5.70. The number of esters is 1. The van der Waals surface area contributed by atoms with E-state index in [0.717, 1.165) is 0 Å². The number of rotatable bonds is 5. The molecule has 0 spiro atoms. The van der Waals surface area contributed by atoms with E-state index in [4.69, 9.17) is 15.2 Å². The van der Waals surface area contributed by atoms with Crippen molar-refractivity contribution in [3.8, 4) is 0 Å². The number of carbonyl (C=O) groups excluding carboxylic acids is 1. The number of nitrogens with one attached hydrogen (secondary N) is 1. The molecule has 0 saturated carbocycles. The summed E-state index contributed by atoms with van der Waals surface area (Å²) in [7, 11) is 0. The average Bonchev–Trinajstić information content (AvgIpc) is 2.82. The van der Waals surface area contributed by atoms with Crippen LogP contribution in [-0.4, -0.2) is 34.3 Å². The van der Waals surface area contributed by atoms with Crippen LogP contribution in [0.15, 0.2) is 34.0 Å². The molecule has 23 heavy (non-hydrogen) atoms. The molecule has 2 heterocycles. The summed E-state index contributed by atoms with van der Waals surface area (Å²) in [5.74, 6) is -0.517. The van der Waals surface area contributed by atoms with Crippen molar-refractivity contribution in [1.82, 2.24) is 9.55 Å². The van der Waals surface area contributed by atoms with Crippen molar-refractivity contribution in [1.29, 1.82) is 0 Å². The quantitative estimate of drug-likeness (QED) is 0.578. The zero-order valence-electron chi connectivity index (χ0n) is 13.2. The maximum absolute atomic E-state index is 11.9. The van der Waals surface area contributed by atoms with Gasteiger partial charge < -0.3 is 15.2 Å². The number of ether oxygens (including phenoxy) is 2. The Labute approximate surface area is 132 Å². The molecule has 1 aromatic rings. The van der Waals surface area contributed by atoms with Crippen molar-refractivity contribution in [2.45, 2.75) is 32.1 Å². The van der Waals surface area contributed by atoms with Gasteiger partial charge in [0, 0.05) is 25.7 Å². The first-order valence-corrected chi connectivity index (χ1v) is 7.31.